The van der Waals surface area contributed by atoms with Crippen LogP contribution in [0.15, 0.2) is 22.1 Å². The normalized spacial score (nSPS) is 14.0. The van der Waals surface area contributed by atoms with Gasteiger partial charge in [0, 0.05) is 0 Å². The van der Waals surface area contributed by atoms with Gasteiger partial charge in [0.15, 0.2) is 0 Å². The van der Waals surface area contributed by atoms with Crippen molar-refractivity contribution in [3.8, 4) is 12.1 Å². The molecule has 2 rings (SSSR count). The zero-order valence-electron chi connectivity index (χ0n) is 9.41. The summed E-state index contributed by atoms with van der Waals surface area (Å²) in [5.74, 6) is -5.12. The van der Waals surface area contributed by atoms with Gasteiger partial charge in [0.25, 0.3) is 0 Å². The molecule has 0 N–H and O–H groups in total. The van der Waals surface area contributed by atoms with Crippen molar-refractivity contribution < 1.29 is 22.0 Å². The van der Waals surface area contributed by atoms with Gasteiger partial charge in [-0.2, -0.15) is 32.5 Å². The van der Waals surface area contributed by atoms with E-state index in [4.69, 9.17) is 10.5 Å². The summed E-state index contributed by atoms with van der Waals surface area (Å²) in [6.07, 6.45) is -8.43. The summed E-state index contributed by atoms with van der Waals surface area (Å²) in [6, 6.07) is 5.18. The van der Waals surface area contributed by atoms with E-state index in [9.17, 15) is 22.0 Å². The molecule has 1 aromatic carbocycles. The van der Waals surface area contributed by atoms with E-state index < -0.39 is 18.3 Å². The van der Waals surface area contributed by atoms with Crippen molar-refractivity contribution in [1.29, 1.82) is 10.5 Å². The molecule has 0 fully saturated rings. The molecule has 0 aromatic heterocycles. The number of fused-ring (bicyclic) bond motifs is 1. The summed E-state index contributed by atoms with van der Waals surface area (Å²) in [7, 11) is 0. The number of benzene rings is 1. The van der Waals surface area contributed by atoms with Gasteiger partial charge < -0.3 is 0 Å². The fourth-order valence-corrected chi connectivity index (χ4v) is 1.57. The van der Waals surface area contributed by atoms with Crippen molar-refractivity contribution in [1.82, 2.24) is 0 Å². The number of nitriles is 2. The Morgan fingerprint density at radius 3 is 1.57 bits per heavy atom. The summed E-state index contributed by atoms with van der Waals surface area (Å²) < 4.78 is 62.9. The SMILES string of the molecule is N#Cc1cc2c(cc1C#N)=NC(C(F)(F)C(F)(F)F)N=2.[LiH]. The first kappa shape index (κ1) is 17.1. The van der Waals surface area contributed by atoms with E-state index in [-0.39, 0.29) is 40.7 Å². The van der Waals surface area contributed by atoms with Crippen molar-refractivity contribution in [3.63, 3.8) is 0 Å². The van der Waals surface area contributed by atoms with Gasteiger partial charge in [-0.1, -0.05) is 0 Å². The number of rotatable bonds is 1. The second-order valence-corrected chi connectivity index (χ2v) is 3.86. The quantitative estimate of drug-likeness (QED) is 0.560. The minimum absolute atomic E-state index is 0. The second-order valence-electron chi connectivity index (χ2n) is 3.86. The predicted molar refractivity (Wildman–Crippen MR) is 60.1 cm³/mol. The molecule has 0 bridgehead atoms. The van der Waals surface area contributed by atoms with Crippen LogP contribution in [0.1, 0.15) is 11.1 Å². The summed E-state index contributed by atoms with van der Waals surface area (Å²) >= 11 is 0. The maximum atomic E-state index is 13.1. The third-order valence-corrected chi connectivity index (χ3v) is 2.58. The molecule has 0 unspecified atom stereocenters. The van der Waals surface area contributed by atoms with E-state index in [2.05, 4.69) is 9.98 Å². The molecule has 4 nitrogen and oxygen atoms in total. The Balaban J connectivity index is 0.00000220. The topological polar surface area (TPSA) is 72.3 Å². The van der Waals surface area contributed by atoms with E-state index in [0.29, 0.717) is 0 Å². The predicted octanol–water partition coefficient (Wildman–Crippen LogP) is 0.558. The number of halogens is 5. The monoisotopic (exact) mass is 294 g/mol. The van der Waals surface area contributed by atoms with Crippen LogP contribution >= 0.6 is 0 Å². The van der Waals surface area contributed by atoms with Crippen molar-refractivity contribution in [2.45, 2.75) is 18.3 Å². The molecular weight excluding hydrogens is 290 g/mol. The van der Waals surface area contributed by atoms with Gasteiger partial charge >= 0.3 is 31.0 Å². The number of nitrogens with zero attached hydrogens (tertiary/aromatic N) is 4. The number of hydrogen-bond acceptors (Lipinski definition) is 4. The summed E-state index contributed by atoms with van der Waals surface area (Å²) in [5, 5.41) is 16.9. The van der Waals surface area contributed by atoms with Crippen molar-refractivity contribution >= 4 is 18.9 Å². The molecule has 0 saturated heterocycles. The Bertz CT molecular complexity index is 719. The molecule has 0 aliphatic carbocycles. The number of alkyl halides is 5. The van der Waals surface area contributed by atoms with Gasteiger partial charge in [-0.05, 0) is 12.1 Å². The average Bonchev–Trinajstić information content (AvgIpc) is 2.78. The zero-order valence-corrected chi connectivity index (χ0v) is 9.41. The van der Waals surface area contributed by atoms with E-state index >= 15 is 0 Å². The average molecular weight is 294 g/mol. The summed E-state index contributed by atoms with van der Waals surface area (Å²) in [5.41, 5.74) is -0.331. The van der Waals surface area contributed by atoms with Crippen LogP contribution in [0.4, 0.5) is 22.0 Å². The fraction of sp³-hybridized carbons (Fsp3) is 0.273. The summed E-state index contributed by atoms with van der Waals surface area (Å²) in [4.78, 5) is 6.35. The first-order valence-electron chi connectivity index (χ1n) is 5.05. The van der Waals surface area contributed by atoms with E-state index in [1.165, 1.54) is 0 Å². The molecule has 1 heterocycles. The van der Waals surface area contributed by atoms with Crippen molar-refractivity contribution in [3.05, 3.63) is 34.0 Å². The van der Waals surface area contributed by atoms with Crippen LogP contribution in [0.2, 0.25) is 0 Å². The third kappa shape index (κ3) is 2.76. The van der Waals surface area contributed by atoms with Gasteiger partial charge in [0.1, 0.15) is 12.1 Å². The number of hydrogen-bond donors (Lipinski definition) is 0. The molecular formula is C11H4F5LiN4. The van der Waals surface area contributed by atoms with Crippen LogP contribution in [-0.2, 0) is 0 Å². The molecule has 1 aromatic rings. The Kier molecular flexibility index (Phi) is 4.43. The molecule has 21 heavy (non-hydrogen) atoms. The van der Waals surface area contributed by atoms with Gasteiger partial charge in [-0.25, -0.2) is 9.98 Å². The Morgan fingerprint density at radius 2 is 1.29 bits per heavy atom. The standard InChI is InChI=1S/C11H3F5N4.Li.H/c12-10(13,11(14,15)16)9-19-7-1-5(3-17)6(4-18)2-8(7)20-9;;/h1-2,9H;;. The minimum atomic E-state index is -5.79. The van der Waals surface area contributed by atoms with Crippen molar-refractivity contribution in [2.75, 3.05) is 0 Å². The van der Waals surface area contributed by atoms with Crippen LogP contribution in [-0.4, -0.2) is 37.1 Å². The van der Waals surface area contributed by atoms with E-state index in [1.807, 2.05) is 0 Å². The first-order valence-corrected chi connectivity index (χ1v) is 5.05. The molecule has 0 atom stereocenters. The van der Waals surface area contributed by atoms with Gasteiger partial charge in [0.2, 0.25) is 6.17 Å². The van der Waals surface area contributed by atoms with Gasteiger partial charge in [0.05, 0.1) is 21.8 Å². The van der Waals surface area contributed by atoms with E-state index in [1.54, 1.807) is 12.1 Å². The van der Waals surface area contributed by atoms with Crippen molar-refractivity contribution in [2.24, 2.45) is 9.98 Å². The van der Waals surface area contributed by atoms with Crippen LogP contribution in [0.3, 0.4) is 0 Å². The Hall–Kier alpha value is -1.95. The Morgan fingerprint density at radius 1 is 0.905 bits per heavy atom. The van der Waals surface area contributed by atoms with Gasteiger partial charge in [-0.15, -0.1) is 0 Å². The molecule has 10 heteroatoms. The van der Waals surface area contributed by atoms with Crippen LogP contribution in [0.5, 0.6) is 0 Å². The molecule has 1 aliphatic heterocycles. The molecule has 0 radical (unpaired) electrons. The molecule has 1 aliphatic rings. The second kappa shape index (κ2) is 5.44. The Labute approximate surface area is 126 Å². The molecule has 0 amide bonds. The van der Waals surface area contributed by atoms with Crippen LogP contribution in [0.25, 0.3) is 0 Å². The molecule has 104 valence electrons. The van der Waals surface area contributed by atoms with Crippen LogP contribution in [0, 0.1) is 22.7 Å². The summed E-state index contributed by atoms with van der Waals surface area (Å²) in [6.45, 7) is 0. The molecule has 0 saturated carbocycles. The zero-order chi connectivity index (χ0) is 15.1. The third-order valence-electron chi connectivity index (χ3n) is 2.58. The first-order chi connectivity index (χ1) is 9.20. The maximum absolute atomic E-state index is 13.1. The fourth-order valence-electron chi connectivity index (χ4n) is 1.57. The van der Waals surface area contributed by atoms with E-state index in [0.717, 1.165) is 12.1 Å². The molecule has 0 spiro atoms. The van der Waals surface area contributed by atoms with Crippen LogP contribution < -0.4 is 10.7 Å². The van der Waals surface area contributed by atoms with Gasteiger partial charge in [-0.3, -0.25) is 0 Å².